The highest BCUT2D eigenvalue weighted by molar-refractivity contribution is 5.92. The number of carbonyl (C=O) groups is 1. The maximum absolute atomic E-state index is 11.9. The van der Waals surface area contributed by atoms with Gasteiger partial charge in [-0.15, -0.1) is 0 Å². The summed E-state index contributed by atoms with van der Waals surface area (Å²) < 4.78 is 6.08. The molecule has 3 atom stereocenters. The fourth-order valence-electron chi connectivity index (χ4n) is 3.80. The third kappa shape index (κ3) is 3.29. The van der Waals surface area contributed by atoms with E-state index in [1.165, 1.54) is 11.9 Å². The van der Waals surface area contributed by atoms with Crippen LogP contribution < -0.4 is 10.2 Å². The Kier molecular flexibility index (Phi) is 4.50. The van der Waals surface area contributed by atoms with Crippen molar-refractivity contribution >= 4 is 11.6 Å². The first-order chi connectivity index (χ1) is 12.2. The lowest BCUT2D eigenvalue weighted by Gasteiger charge is -2.34. The number of benzene rings is 1. The van der Waals surface area contributed by atoms with E-state index in [2.05, 4.69) is 26.6 Å². The largest absolute Gasteiger partial charge is 0.366 e. The van der Waals surface area contributed by atoms with Crippen LogP contribution in [0.25, 0.3) is 0 Å². The first-order valence-corrected chi connectivity index (χ1v) is 8.83. The van der Waals surface area contributed by atoms with Crippen LogP contribution in [0.5, 0.6) is 0 Å². The molecule has 0 radical (unpaired) electrons. The molecule has 0 bridgehead atoms. The summed E-state index contributed by atoms with van der Waals surface area (Å²) in [6, 6.07) is 8.40. The van der Waals surface area contributed by atoms with Crippen molar-refractivity contribution in [1.82, 2.24) is 20.5 Å². The van der Waals surface area contributed by atoms with Gasteiger partial charge in [-0.25, -0.2) is 4.98 Å². The molecule has 7 nitrogen and oxygen atoms in total. The number of aromatic amines is 1. The van der Waals surface area contributed by atoms with E-state index in [1.807, 2.05) is 23.1 Å². The Morgan fingerprint density at radius 2 is 2.24 bits per heavy atom. The molecule has 1 fully saturated rings. The zero-order valence-corrected chi connectivity index (χ0v) is 14.3. The third-order valence-corrected chi connectivity index (χ3v) is 5.06. The van der Waals surface area contributed by atoms with Gasteiger partial charge in [-0.2, -0.15) is 5.10 Å². The summed E-state index contributed by atoms with van der Waals surface area (Å²) in [5.74, 6) is 0.905. The fourth-order valence-corrected chi connectivity index (χ4v) is 3.80. The van der Waals surface area contributed by atoms with Crippen molar-refractivity contribution in [2.75, 3.05) is 18.0 Å². The number of hydrogen-bond donors (Lipinski definition) is 2. The first-order valence-electron chi connectivity index (χ1n) is 8.83. The molecule has 25 heavy (non-hydrogen) atoms. The van der Waals surface area contributed by atoms with Crippen LogP contribution in [0.4, 0.5) is 5.69 Å². The fraction of sp³-hybridized carbons (Fsp3) is 0.500. The number of ether oxygens (including phenoxy) is 1. The molecule has 7 heteroatoms. The van der Waals surface area contributed by atoms with E-state index in [4.69, 9.17) is 4.74 Å². The number of rotatable bonds is 4. The van der Waals surface area contributed by atoms with E-state index in [-0.39, 0.29) is 24.2 Å². The van der Waals surface area contributed by atoms with Crippen LogP contribution >= 0.6 is 0 Å². The Morgan fingerprint density at radius 3 is 3.04 bits per heavy atom. The van der Waals surface area contributed by atoms with Gasteiger partial charge in [-0.05, 0) is 30.9 Å². The van der Waals surface area contributed by atoms with Gasteiger partial charge in [0.05, 0.1) is 6.10 Å². The molecule has 2 aliphatic heterocycles. The lowest BCUT2D eigenvalue weighted by atomic mass is 9.96. The summed E-state index contributed by atoms with van der Waals surface area (Å²) in [5, 5.41) is 10.4. The van der Waals surface area contributed by atoms with Crippen LogP contribution in [-0.2, 0) is 9.53 Å². The summed E-state index contributed by atoms with van der Waals surface area (Å²) in [4.78, 5) is 17.9. The first kappa shape index (κ1) is 16.2. The molecule has 2 N–H and O–H groups in total. The Bertz CT molecular complexity index is 733. The van der Waals surface area contributed by atoms with Crippen molar-refractivity contribution in [3.05, 3.63) is 42.0 Å². The Labute approximate surface area is 146 Å². The van der Waals surface area contributed by atoms with Crippen LogP contribution in [0.2, 0.25) is 0 Å². The van der Waals surface area contributed by atoms with Gasteiger partial charge in [0.25, 0.3) is 0 Å². The van der Waals surface area contributed by atoms with Crippen molar-refractivity contribution in [3.8, 4) is 0 Å². The molecule has 0 saturated carbocycles. The molecule has 0 aliphatic carbocycles. The summed E-state index contributed by atoms with van der Waals surface area (Å²) in [5.41, 5.74) is 2.21. The maximum Gasteiger partial charge on any atom is 0.223 e. The number of amides is 1. The molecule has 1 unspecified atom stereocenters. The Hall–Kier alpha value is -2.25. The average molecular weight is 341 g/mol. The van der Waals surface area contributed by atoms with Gasteiger partial charge >= 0.3 is 0 Å². The topological polar surface area (TPSA) is 83.1 Å². The predicted molar refractivity (Wildman–Crippen MR) is 93.1 cm³/mol. The van der Waals surface area contributed by atoms with Gasteiger partial charge in [0.2, 0.25) is 5.91 Å². The van der Waals surface area contributed by atoms with E-state index in [9.17, 15) is 4.79 Å². The zero-order valence-electron chi connectivity index (χ0n) is 14.3. The predicted octanol–water partition coefficient (Wildman–Crippen LogP) is 2.11. The quantitative estimate of drug-likeness (QED) is 0.890. The molecule has 132 valence electrons. The number of aromatic nitrogens is 3. The van der Waals surface area contributed by atoms with E-state index in [0.29, 0.717) is 0 Å². The van der Waals surface area contributed by atoms with Crippen LogP contribution in [-0.4, -0.2) is 40.3 Å². The lowest BCUT2D eigenvalue weighted by Crippen LogP contribution is -2.40. The maximum atomic E-state index is 11.9. The minimum absolute atomic E-state index is 0.0150. The number of nitrogens with zero attached hydrogens (tertiary/aromatic N) is 3. The number of hydrogen-bond acceptors (Lipinski definition) is 5. The second kappa shape index (κ2) is 6.93. The van der Waals surface area contributed by atoms with Crippen molar-refractivity contribution in [2.45, 2.75) is 44.4 Å². The Morgan fingerprint density at radius 1 is 1.36 bits per heavy atom. The van der Waals surface area contributed by atoms with Gasteiger partial charge in [-0.3, -0.25) is 9.89 Å². The SMILES string of the molecule is CC(=O)N1CCC(NC[C@H]2CC[C@@H](c3ncn[nH]3)O2)c2ccccc21. The monoisotopic (exact) mass is 341 g/mol. The molecule has 3 heterocycles. The molecule has 2 aliphatic rings. The third-order valence-electron chi connectivity index (χ3n) is 5.06. The van der Waals surface area contributed by atoms with Crippen molar-refractivity contribution in [2.24, 2.45) is 0 Å². The van der Waals surface area contributed by atoms with Gasteiger partial charge < -0.3 is 15.0 Å². The number of nitrogens with one attached hydrogen (secondary N) is 2. The summed E-state index contributed by atoms with van der Waals surface area (Å²) in [6.45, 7) is 3.17. The summed E-state index contributed by atoms with van der Waals surface area (Å²) in [7, 11) is 0. The molecular formula is C18H23N5O2. The summed E-state index contributed by atoms with van der Waals surface area (Å²) in [6.07, 6.45) is 4.58. The number of fused-ring (bicyclic) bond motifs is 1. The standard InChI is InChI=1S/C18H23N5O2/c1-12(24)23-9-8-15(14-4-2-3-5-16(14)23)19-10-13-6-7-17(25-13)18-20-11-21-22-18/h2-5,11,13,15,17,19H,6-10H2,1H3,(H,20,21,22)/t13-,15?,17+/m1/s1. The van der Waals surface area contributed by atoms with Crippen molar-refractivity contribution in [3.63, 3.8) is 0 Å². The van der Waals surface area contributed by atoms with Gasteiger partial charge in [0.1, 0.15) is 12.4 Å². The molecule has 1 aromatic heterocycles. The molecule has 1 aromatic carbocycles. The second-order valence-electron chi connectivity index (χ2n) is 6.67. The van der Waals surface area contributed by atoms with Crippen molar-refractivity contribution < 1.29 is 9.53 Å². The van der Waals surface area contributed by atoms with Gasteiger partial charge in [0, 0.05) is 31.7 Å². The highest BCUT2D eigenvalue weighted by atomic mass is 16.5. The van der Waals surface area contributed by atoms with E-state index in [1.54, 1.807) is 6.92 Å². The highest BCUT2D eigenvalue weighted by Gasteiger charge is 2.31. The molecule has 0 spiro atoms. The summed E-state index contributed by atoms with van der Waals surface area (Å²) >= 11 is 0. The molecular weight excluding hydrogens is 318 g/mol. The van der Waals surface area contributed by atoms with Crippen molar-refractivity contribution in [1.29, 1.82) is 0 Å². The second-order valence-corrected chi connectivity index (χ2v) is 6.67. The number of anilines is 1. The van der Waals surface area contributed by atoms with Crippen LogP contribution in [0.1, 0.15) is 49.7 Å². The molecule has 2 aromatic rings. The minimum Gasteiger partial charge on any atom is -0.366 e. The average Bonchev–Trinajstić information content (AvgIpc) is 3.30. The number of carbonyl (C=O) groups excluding carboxylic acids is 1. The van der Waals surface area contributed by atoms with E-state index >= 15 is 0 Å². The molecule has 1 amide bonds. The van der Waals surface area contributed by atoms with Crippen LogP contribution in [0, 0.1) is 0 Å². The van der Waals surface area contributed by atoms with Crippen LogP contribution in [0.3, 0.4) is 0 Å². The lowest BCUT2D eigenvalue weighted by molar-refractivity contribution is -0.116. The normalized spacial score (nSPS) is 25.8. The van der Waals surface area contributed by atoms with Gasteiger partial charge in [0.15, 0.2) is 5.82 Å². The highest BCUT2D eigenvalue weighted by Crippen LogP contribution is 2.35. The van der Waals surface area contributed by atoms with E-state index < -0.39 is 0 Å². The molecule has 4 rings (SSSR count). The smallest absolute Gasteiger partial charge is 0.223 e. The van der Waals surface area contributed by atoms with E-state index in [0.717, 1.165) is 43.9 Å². The van der Waals surface area contributed by atoms with Crippen LogP contribution in [0.15, 0.2) is 30.6 Å². The number of H-pyrrole nitrogens is 1. The zero-order chi connectivity index (χ0) is 17.2. The minimum atomic E-state index is 0.0150. The molecule has 1 saturated heterocycles. The number of para-hydroxylation sites is 1. The Balaban J connectivity index is 1.39. The van der Waals surface area contributed by atoms with Gasteiger partial charge in [-0.1, -0.05) is 18.2 Å².